The standard InChI is InChI=1S/C13H13ClN2O2S/c14-11-10-7-2-1-3-9(7)19-13(10)16-12(15-11)8-6-17-4-5-18-8/h8H,1-6H2. The van der Waals surface area contributed by atoms with Crippen molar-refractivity contribution < 1.29 is 9.47 Å². The second kappa shape index (κ2) is 4.66. The molecule has 1 atom stereocenters. The fraction of sp³-hybridized carbons (Fsp3) is 0.538. The van der Waals surface area contributed by atoms with E-state index < -0.39 is 0 Å². The van der Waals surface area contributed by atoms with Gasteiger partial charge < -0.3 is 9.47 Å². The van der Waals surface area contributed by atoms with E-state index in [2.05, 4.69) is 9.97 Å². The Hall–Kier alpha value is -0.750. The van der Waals surface area contributed by atoms with Crippen LogP contribution in [0.5, 0.6) is 0 Å². The third-order valence-corrected chi connectivity index (χ3v) is 5.10. The van der Waals surface area contributed by atoms with Crippen LogP contribution in [0.2, 0.25) is 5.15 Å². The Morgan fingerprint density at radius 3 is 3.00 bits per heavy atom. The lowest BCUT2D eigenvalue weighted by Crippen LogP contribution is -2.23. The highest BCUT2D eigenvalue weighted by Crippen LogP contribution is 2.39. The minimum atomic E-state index is -0.187. The van der Waals surface area contributed by atoms with Crippen LogP contribution < -0.4 is 0 Å². The number of nitrogens with zero attached hydrogens (tertiary/aromatic N) is 2. The lowest BCUT2D eigenvalue weighted by atomic mass is 10.2. The van der Waals surface area contributed by atoms with E-state index in [1.54, 1.807) is 11.3 Å². The fourth-order valence-corrected chi connectivity index (χ4v) is 4.36. The van der Waals surface area contributed by atoms with Gasteiger partial charge >= 0.3 is 0 Å². The highest BCUT2D eigenvalue weighted by atomic mass is 35.5. The third-order valence-electron chi connectivity index (χ3n) is 3.64. The van der Waals surface area contributed by atoms with Crippen molar-refractivity contribution in [2.45, 2.75) is 25.4 Å². The number of halogens is 1. The molecule has 1 unspecified atom stereocenters. The van der Waals surface area contributed by atoms with Gasteiger partial charge in [0.25, 0.3) is 0 Å². The molecule has 0 radical (unpaired) electrons. The van der Waals surface area contributed by atoms with Gasteiger partial charge in [-0.1, -0.05) is 11.6 Å². The molecule has 1 fully saturated rings. The first-order chi connectivity index (χ1) is 9.33. The van der Waals surface area contributed by atoms with Gasteiger partial charge in [-0.2, -0.15) is 0 Å². The second-order valence-electron chi connectivity index (χ2n) is 4.84. The van der Waals surface area contributed by atoms with Crippen LogP contribution in [0.25, 0.3) is 10.2 Å². The summed E-state index contributed by atoms with van der Waals surface area (Å²) in [6, 6.07) is 0. The zero-order valence-corrected chi connectivity index (χ0v) is 11.9. The number of ether oxygens (including phenoxy) is 2. The molecule has 1 saturated heterocycles. The first-order valence-electron chi connectivity index (χ1n) is 6.50. The number of fused-ring (bicyclic) bond motifs is 3. The quantitative estimate of drug-likeness (QED) is 0.759. The minimum absolute atomic E-state index is 0.187. The summed E-state index contributed by atoms with van der Waals surface area (Å²) >= 11 is 8.11. The van der Waals surface area contributed by atoms with E-state index in [4.69, 9.17) is 21.1 Å². The molecule has 0 N–H and O–H groups in total. The Balaban J connectivity index is 1.82. The summed E-state index contributed by atoms with van der Waals surface area (Å²) in [5.74, 6) is 0.650. The lowest BCUT2D eigenvalue weighted by molar-refractivity contribution is -0.0933. The summed E-state index contributed by atoms with van der Waals surface area (Å²) in [4.78, 5) is 11.5. The van der Waals surface area contributed by atoms with Gasteiger partial charge in [0.05, 0.1) is 25.2 Å². The van der Waals surface area contributed by atoms with Crippen LogP contribution in [-0.4, -0.2) is 29.8 Å². The molecule has 0 bridgehead atoms. The molecule has 4 rings (SSSR count). The maximum absolute atomic E-state index is 6.37. The van der Waals surface area contributed by atoms with Crippen LogP contribution in [0.4, 0.5) is 0 Å². The van der Waals surface area contributed by atoms with E-state index in [0.717, 1.165) is 23.1 Å². The monoisotopic (exact) mass is 296 g/mol. The van der Waals surface area contributed by atoms with Crippen molar-refractivity contribution in [2.75, 3.05) is 19.8 Å². The van der Waals surface area contributed by atoms with Gasteiger partial charge in [0.2, 0.25) is 0 Å². The van der Waals surface area contributed by atoms with Crippen LogP contribution in [-0.2, 0) is 22.3 Å². The summed E-state index contributed by atoms with van der Waals surface area (Å²) in [5.41, 5.74) is 1.36. The van der Waals surface area contributed by atoms with E-state index in [-0.39, 0.29) is 6.10 Å². The van der Waals surface area contributed by atoms with Gasteiger partial charge in [0, 0.05) is 4.88 Å². The second-order valence-corrected chi connectivity index (χ2v) is 6.29. The Bertz CT molecular complexity index is 637. The van der Waals surface area contributed by atoms with Crippen LogP contribution in [0.15, 0.2) is 0 Å². The minimum Gasteiger partial charge on any atom is -0.376 e. The largest absolute Gasteiger partial charge is 0.376 e. The van der Waals surface area contributed by atoms with Crippen molar-refractivity contribution in [3.63, 3.8) is 0 Å². The molecule has 4 nitrogen and oxygen atoms in total. The molecule has 0 spiro atoms. The summed E-state index contributed by atoms with van der Waals surface area (Å²) in [6.45, 7) is 1.73. The first kappa shape index (κ1) is 12.0. The molecular formula is C13H13ClN2O2S. The molecule has 1 aliphatic carbocycles. The normalized spacial score (nSPS) is 22.9. The van der Waals surface area contributed by atoms with Crippen LogP contribution in [0, 0.1) is 0 Å². The highest BCUT2D eigenvalue weighted by Gasteiger charge is 2.25. The third kappa shape index (κ3) is 1.96. The number of hydrogen-bond donors (Lipinski definition) is 0. The maximum atomic E-state index is 6.37. The molecule has 1 aliphatic heterocycles. The van der Waals surface area contributed by atoms with Gasteiger partial charge in [0.1, 0.15) is 16.1 Å². The Morgan fingerprint density at radius 1 is 1.21 bits per heavy atom. The summed E-state index contributed by atoms with van der Waals surface area (Å²) in [6.07, 6.45) is 3.27. The summed E-state index contributed by atoms with van der Waals surface area (Å²) in [7, 11) is 0. The average Bonchev–Trinajstić information content (AvgIpc) is 2.99. The van der Waals surface area contributed by atoms with Gasteiger partial charge in [0.15, 0.2) is 5.82 Å². The molecule has 19 heavy (non-hydrogen) atoms. The summed E-state index contributed by atoms with van der Waals surface area (Å²) < 4.78 is 11.0. The molecule has 6 heteroatoms. The van der Waals surface area contributed by atoms with E-state index in [1.165, 1.54) is 16.9 Å². The average molecular weight is 297 g/mol. The number of hydrogen-bond acceptors (Lipinski definition) is 5. The predicted octanol–water partition coefficient (Wildman–Crippen LogP) is 2.92. The molecule has 0 aromatic carbocycles. The smallest absolute Gasteiger partial charge is 0.162 e. The molecule has 2 aromatic heterocycles. The van der Waals surface area contributed by atoms with Crippen molar-refractivity contribution in [1.29, 1.82) is 0 Å². The molecule has 2 aromatic rings. The molecule has 100 valence electrons. The number of rotatable bonds is 1. The van der Waals surface area contributed by atoms with Crippen molar-refractivity contribution in [2.24, 2.45) is 0 Å². The predicted molar refractivity (Wildman–Crippen MR) is 74.0 cm³/mol. The SMILES string of the molecule is Clc1nc(C2COCCO2)nc2sc3c(c12)CCC3. The Morgan fingerprint density at radius 2 is 2.16 bits per heavy atom. The zero-order valence-electron chi connectivity index (χ0n) is 10.3. The Labute approximate surface area is 119 Å². The molecule has 2 aliphatic rings. The van der Waals surface area contributed by atoms with Crippen molar-refractivity contribution in [1.82, 2.24) is 9.97 Å². The maximum Gasteiger partial charge on any atom is 0.162 e. The summed E-state index contributed by atoms with van der Waals surface area (Å²) in [5, 5.41) is 1.62. The zero-order chi connectivity index (χ0) is 12.8. The number of aryl methyl sites for hydroxylation is 2. The highest BCUT2D eigenvalue weighted by molar-refractivity contribution is 7.19. The molecule has 0 saturated carbocycles. The number of thiophene rings is 1. The fourth-order valence-electron chi connectivity index (χ4n) is 2.75. The molecule has 0 amide bonds. The lowest BCUT2D eigenvalue weighted by Gasteiger charge is -2.21. The van der Waals surface area contributed by atoms with E-state index in [9.17, 15) is 0 Å². The Kier molecular flexibility index (Phi) is 2.95. The van der Waals surface area contributed by atoms with Crippen molar-refractivity contribution >= 4 is 33.2 Å². The van der Waals surface area contributed by atoms with E-state index in [1.807, 2.05) is 0 Å². The van der Waals surface area contributed by atoms with E-state index in [0.29, 0.717) is 30.8 Å². The van der Waals surface area contributed by atoms with E-state index >= 15 is 0 Å². The van der Waals surface area contributed by atoms with Crippen molar-refractivity contribution in [3.8, 4) is 0 Å². The van der Waals surface area contributed by atoms with Crippen LogP contribution >= 0.6 is 22.9 Å². The first-order valence-corrected chi connectivity index (χ1v) is 7.69. The van der Waals surface area contributed by atoms with Crippen LogP contribution in [0.3, 0.4) is 0 Å². The van der Waals surface area contributed by atoms with Gasteiger partial charge in [-0.05, 0) is 24.8 Å². The topological polar surface area (TPSA) is 44.2 Å². The van der Waals surface area contributed by atoms with Gasteiger partial charge in [-0.15, -0.1) is 11.3 Å². The van der Waals surface area contributed by atoms with Gasteiger partial charge in [-0.25, -0.2) is 9.97 Å². The molecular weight excluding hydrogens is 284 g/mol. The van der Waals surface area contributed by atoms with Gasteiger partial charge in [-0.3, -0.25) is 0 Å². The van der Waals surface area contributed by atoms with Crippen molar-refractivity contribution in [3.05, 3.63) is 21.4 Å². The number of aromatic nitrogens is 2. The molecule has 3 heterocycles. The van der Waals surface area contributed by atoms with Crippen LogP contribution in [0.1, 0.15) is 28.8 Å².